The number of ether oxygens (including phenoxy) is 1. The number of para-hydroxylation sites is 1. The van der Waals surface area contributed by atoms with Gasteiger partial charge in [0.05, 0.1) is 24.8 Å². The van der Waals surface area contributed by atoms with Gasteiger partial charge in [0.1, 0.15) is 5.58 Å². The van der Waals surface area contributed by atoms with Gasteiger partial charge in [-0.3, -0.25) is 14.5 Å². The highest BCUT2D eigenvalue weighted by Gasteiger charge is 2.44. The van der Waals surface area contributed by atoms with Crippen molar-refractivity contribution in [3.8, 4) is 0 Å². The van der Waals surface area contributed by atoms with Crippen molar-refractivity contribution in [2.45, 2.75) is 12.5 Å². The fraction of sp³-hybridized carbons (Fsp3) is 0.308. The second-order valence-electron chi connectivity index (χ2n) is 8.50. The monoisotopic (exact) mass is 572 g/mol. The molecule has 3 heterocycles. The molecule has 2 aliphatic heterocycles. The molecule has 8 heteroatoms. The lowest BCUT2D eigenvalue weighted by Crippen LogP contribution is -2.39. The maximum absolute atomic E-state index is 13.6. The third kappa shape index (κ3) is 4.49. The van der Waals surface area contributed by atoms with E-state index in [0.29, 0.717) is 25.3 Å². The number of aliphatic hydroxyl groups is 1. The second-order valence-corrected chi connectivity index (χ2v) is 9.75. The van der Waals surface area contributed by atoms with Crippen LogP contribution in [0, 0.1) is 3.57 Å². The van der Waals surface area contributed by atoms with Gasteiger partial charge in [-0.25, -0.2) is 0 Å². The number of nitrogens with zero attached hydrogens (tertiary/aromatic N) is 2. The van der Waals surface area contributed by atoms with Crippen molar-refractivity contribution in [1.82, 2.24) is 9.80 Å². The van der Waals surface area contributed by atoms with Crippen LogP contribution in [0.3, 0.4) is 0 Å². The van der Waals surface area contributed by atoms with E-state index in [9.17, 15) is 14.7 Å². The number of amides is 1. The van der Waals surface area contributed by atoms with Crippen LogP contribution in [-0.4, -0.2) is 66.0 Å². The Morgan fingerprint density at radius 1 is 1.06 bits per heavy atom. The number of morpholine rings is 1. The molecule has 1 N–H and O–H groups in total. The summed E-state index contributed by atoms with van der Waals surface area (Å²) in [5, 5.41) is 11.7. The van der Waals surface area contributed by atoms with Crippen LogP contribution in [0.25, 0.3) is 11.0 Å². The number of ketones is 1. The fourth-order valence-electron chi connectivity index (χ4n) is 4.62. The minimum absolute atomic E-state index is 0.0663. The topological polar surface area (TPSA) is 83.2 Å². The Kier molecular flexibility index (Phi) is 6.71. The minimum atomic E-state index is -0.671. The van der Waals surface area contributed by atoms with Gasteiger partial charge in [-0.05, 0) is 58.8 Å². The maximum Gasteiger partial charge on any atom is 0.290 e. The van der Waals surface area contributed by atoms with E-state index in [-0.39, 0.29) is 11.3 Å². The standard InChI is InChI=1S/C26H25IN2O5/c27-19-8-6-17(7-9-19)23-22(24(30)21-16-18-4-1-2-5-20(18)34-21)25(31)26(32)29(23)11-3-10-28-12-14-33-15-13-28/h1-2,4-9,16,23,31H,3,10-15H2. The number of halogens is 1. The quantitative estimate of drug-likeness (QED) is 0.335. The summed E-state index contributed by atoms with van der Waals surface area (Å²) in [5.74, 6) is -1.38. The summed E-state index contributed by atoms with van der Waals surface area (Å²) in [6.07, 6.45) is 0.728. The predicted octanol–water partition coefficient (Wildman–Crippen LogP) is 4.34. The average molecular weight is 572 g/mol. The maximum atomic E-state index is 13.6. The van der Waals surface area contributed by atoms with Crippen molar-refractivity contribution in [2.75, 3.05) is 39.4 Å². The van der Waals surface area contributed by atoms with Gasteiger partial charge in [0.2, 0.25) is 5.78 Å². The summed E-state index contributed by atoms with van der Waals surface area (Å²) < 4.78 is 12.2. The zero-order valence-electron chi connectivity index (χ0n) is 18.6. The molecule has 7 nitrogen and oxygen atoms in total. The molecule has 1 unspecified atom stereocenters. The Labute approximate surface area is 211 Å². The summed E-state index contributed by atoms with van der Waals surface area (Å²) >= 11 is 2.22. The van der Waals surface area contributed by atoms with Crippen LogP contribution >= 0.6 is 22.6 Å². The first-order chi connectivity index (χ1) is 16.5. The molecule has 1 amide bonds. The molecule has 1 aromatic heterocycles. The summed E-state index contributed by atoms with van der Waals surface area (Å²) in [4.78, 5) is 30.6. The van der Waals surface area contributed by atoms with Crippen molar-refractivity contribution >= 4 is 45.3 Å². The number of carbonyl (C=O) groups excluding carboxylic acids is 2. The fourth-order valence-corrected chi connectivity index (χ4v) is 4.98. The molecule has 0 saturated carbocycles. The largest absolute Gasteiger partial charge is 0.503 e. The summed E-state index contributed by atoms with van der Waals surface area (Å²) in [6.45, 7) is 4.41. The molecular formula is C26H25IN2O5. The van der Waals surface area contributed by atoms with Gasteiger partial charge >= 0.3 is 0 Å². The molecule has 176 valence electrons. The third-order valence-electron chi connectivity index (χ3n) is 6.36. The van der Waals surface area contributed by atoms with Gasteiger partial charge in [0, 0.05) is 35.1 Å². The molecule has 0 aliphatic carbocycles. The SMILES string of the molecule is O=C(C1=C(O)C(=O)N(CCCN2CCOCC2)C1c1ccc(I)cc1)c1cc2ccccc2o1. The van der Waals surface area contributed by atoms with Gasteiger partial charge in [0.15, 0.2) is 11.5 Å². The van der Waals surface area contributed by atoms with E-state index in [1.54, 1.807) is 17.0 Å². The Bertz CT molecular complexity index is 1210. The highest BCUT2D eigenvalue weighted by molar-refractivity contribution is 14.1. The van der Waals surface area contributed by atoms with Crippen molar-refractivity contribution < 1.29 is 23.8 Å². The number of Topliss-reactive ketones (excluding diaryl/α,β-unsaturated/α-hetero) is 1. The van der Waals surface area contributed by atoms with Crippen molar-refractivity contribution in [3.63, 3.8) is 0 Å². The second kappa shape index (κ2) is 9.89. The van der Waals surface area contributed by atoms with Crippen LogP contribution in [-0.2, 0) is 9.53 Å². The van der Waals surface area contributed by atoms with E-state index in [0.717, 1.165) is 40.6 Å². The first-order valence-electron chi connectivity index (χ1n) is 11.4. The van der Waals surface area contributed by atoms with Crippen LogP contribution in [0.5, 0.6) is 0 Å². The number of aliphatic hydroxyl groups excluding tert-OH is 1. The van der Waals surface area contributed by atoms with Gasteiger partial charge in [-0.2, -0.15) is 0 Å². The Morgan fingerprint density at radius 2 is 1.79 bits per heavy atom. The third-order valence-corrected chi connectivity index (χ3v) is 7.08. The van der Waals surface area contributed by atoms with Gasteiger partial charge < -0.3 is 19.2 Å². The molecule has 1 saturated heterocycles. The minimum Gasteiger partial charge on any atom is -0.503 e. The van der Waals surface area contributed by atoms with E-state index in [2.05, 4.69) is 27.5 Å². The number of hydrogen-bond donors (Lipinski definition) is 1. The number of carbonyl (C=O) groups is 2. The number of furan rings is 1. The zero-order valence-corrected chi connectivity index (χ0v) is 20.7. The smallest absolute Gasteiger partial charge is 0.290 e. The van der Waals surface area contributed by atoms with E-state index < -0.39 is 23.5 Å². The number of rotatable bonds is 7. The van der Waals surface area contributed by atoms with Gasteiger partial charge in [0.25, 0.3) is 5.91 Å². The molecular weight excluding hydrogens is 547 g/mol. The molecule has 1 fully saturated rings. The van der Waals surface area contributed by atoms with Gasteiger partial charge in [-0.1, -0.05) is 30.3 Å². The van der Waals surface area contributed by atoms with Crippen LogP contribution in [0.1, 0.15) is 28.6 Å². The Balaban J connectivity index is 1.45. The van der Waals surface area contributed by atoms with E-state index >= 15 is 0 Å². The lowest BCUT2D eigenvalue weighted by atomic mass is 9.95. The lowest BCUT2D eigenvalue weighted by Gasteiger charge is -2.30. The van der Waals surface area contributed by atoms with Crippen LogP contribution in [0.15, 0.2) is 70.3 Å². The molecule has 1 atom stereocenters. The Hall–Kier alpha value is -2.69. The molecule has 34 heavy (non-hydrogen) atoms. The molecule has 0 bridgehead atoms. The van der Waals surface area contributed by atoms with Crippen molar-refractivity contribution in [1.29, 1.82) is 0 Å². The number of hydrogen-bond acceptors (Lipinski definition) is 6. The number of fused-ring (bicyclic) bond motifs is 1. The number of benzene rings is 2. The molecule has 5 rings (SSSR count). The van der Waals surface area contributed by atoms with Crippen molar-refractivity contribution in [2.24, 2.45) is 0 Å². The van der Waals surface area contributed by atoms with E-state index in [1.165, 1.54) is 0 Å². The highest BCUT2D eigenvalue weighted by atomic mass is 127. The molecule has 0 spiro atoms. The molecule has 2 aromatic carbocycles. The summed E-state index contributed by atoms with van der Waals surface area (Å²) in [6, 6.07) is 16.0. The van der Waals surface area contributed by atoms with Crippen LogP contribution in [0.2, 0.25) is 0 Å². The lowest BCUT2D eigenvalue weighted by molar-refractivity contribution is -0.129. The molecule has 3 aromatic rings. The molecule has 0 radical (unpaired) electrons. The normalized spacial score (nSPS) is 19.4. The summed E-state index contributed by atoms with van der Waals surface area (Å²) in [5.41, 5.74) is 1.43. The summed E-state index contributed by atoms with van der Waals surface area (Å²) in [7, 11) is 0. The van der Waals surface area contributed by atoms with Crippen LogP contribution < -0.4 is 0 Å². The highest BCUT2D eigenvalue weighted by Crippen LogP contribution is 2.39. The predicted molar refractivity (Wildman–Crippen MR) is 136 cm³/mol. The van der Waals surface area contributed by atoms with E-state index in [4.69, 9.17) is 9.15 Å². The van der Waals surface area contributed by atoms with Crippen molar-refractivity contribution in [3.05, 3.63) is 80.8 Å². The zero-order chi connectivity index (χ0) is 23.7. The first-order valence-corrected chi connectivity index (χ1v) is 12.4. The molecule has 2 aliphatic rings. The van der Waals surface area contributed by atoms with Crippen LogP contribution in [0.4, 0.5) is 0 Å². The van der Waals surface area contributed by atoms with Gasteiger partial charge in [-0.15, -0.1) is 0 Å². The first kappa shape index (κ1) is 23.1. The average Bonchev–Trinajstić information content (AvgIpc) is 3.40. The Morgan fingerprint density at radius 3 is 2.53 bits per heavy atom. The van der Waals surface area contributed by atoms with E-state index in [1.807, 2.05) is 42.5 Å².